The summed E-state index contributed by atoms with van der Waals surface area (Å²) >= 11 is 0. The number of hydrogen-bond donors (Lipinski definition) is 1. The summed E-state index contributed by atoms with van der Waals surface area (Å²) in [5, 5.41) is 3.01. The lowest BCUT2D eigenvalue weighted by molar-refractivity contribution is 0.0940. The van der Waals surface area contributed by atoms with Crippen LogP contribution in [0.3, 0.4) is 0 Å². The van der Waals surface area contributed by atoms with Crippen LogP contribution in [-0.2, 0) is 0 Å². The average Bonchev–Trinajstić information content (AvgIpc) is 3.21. The van der Waals surface area contributed by atoms with Crippen molar-refractivity contribution in [1.82, 2.24) is 14.9 Å². The van der Waals surface area contributed by atoms with E-state index in [1.807, 2.05) is 42.0 Å². The zero-order valence-electron chi connectivity index (χ0n) is 14.6. The van der Waals surface area contributed by atoms with Crippen molar-refractivity contribution in [2.24, 2.45) is 0 Å². The standard InChI is InChI=1S/C21H21N3O2/c1-3-14-26-20-10-6-18(7-11-20)21(25)23-16(2)17-4-8-19(9-5-17)24-13-12-22-15-24/h3-13,15-16H,1,14H2,2H3,(H,23,25). The Balaban J connectivity index is 1.62. The summed E-state index contributed by atoms with van der Waals surface area (Å²) in [5.41, 5.74) is 2.66. The fourth-order valence-corrected chi connectivity index (χ4v) is 2.57. The molecule has 26 heavy (non-hydrogen) atoms. The molecule has 0 fully saturated rings. The van der Waals surface area contributed by atoms with E-state index in [1.54, 1.807) is 42.9 Å². The number of ether oxygens (including phenoxy) is 1. The molecule has 0 radical (unpaired) electrons. The number of carbonyl (C=O) groups excluding carboxylic acids is 1. The van der Waals surface area contributed by atoms with Gasteiger partial charge in [0.05, 0.1) is 12.4 Å². The van der Waals surface area contributed by atoms with Crippen LogP contribution in [0.25, 0.3) is 5.69 Å². The molecule has 0 aliphatic rings. The zero-order valence-corrected chi connectivity index (χ0v) is 14.6. The van der Waals surface area contributed by atoms with E-state index in [4.69, 9.17) is 4.74 Å². The van der Waals surface area contributed by atoms with Gasteiger partial charge in [-0.05, 0) is 48.9 Å². The minimum absolute atomic E-state index is 0.101. The van der Waals surface area contributed by atoms with Crippen LogP contribution in [0.1, 0.15) is 28.9 Å². The molecule has 3 aromatic rings. The van der Waals surface area contributed by atoms with Gasteiger partial charge in [-0.15, -0.1) is 0 Å². The Morgan fingerprint density at radius 1 is 1.23 bits per heavy atom. The summed E-state index contributed by atoms with van der Waals surface area (Å²) in [6.45, 7) is 6.02. The molecule has 0 aliphatic carbocycles. The van der Waals surface area contributed by atoms with Gasteiger partial charge in [-0.2, -0.15) is 0 Å². The van der Waals surface area contributed by atoms with Crippen LogP contribution < -0.4 is 10.1 Å². The molecule has 0 bridgehead atoms. The zero-order chi connectivity index (χ0) is 18.4. The molecule has 1 unspecified atom stereocenters. The van der Waals surface area contributed by atoms with E-state index < -0.39 is 0 Å². The topological polar surface area (TPSA) is 56.1 Å². The van der Waals surface area contributed by atoms with Crippen LogP contribution in [0.15, 0.2) is 79.9 Å². The molecular weight excluding hydrogens is 326 g/mol. The third-order valence-corrected chi connectivity index (χ3v) is 4.03. The molecule has 2 aromatic carbocycles. The summed E-state index contributed by atoms with van der Waals surface area (Å²) in [4.78, 5) is 16.5. The lowest BCUT2D eigenvalue weighted by Gasteiger charge is -2.15. The average molecular weight is 347 g/mol. The largest absolute Gasteiger partial charge is 0.490 e. The molecule has 132 valence electrons. The van der Waals surface area contributed by atoms with Crippen molar-refractivity contribution < 1.29 is 9.53 Å². The second-order valence-corrected chi connectivity index (χ2v) is 5.88. The third-order valence-electron chi connectivity index (χ3n) is 4.03. The van der Waals surface area contributed by atoms with Crippen molar-refractivity contribution in [3.8, 4) is 11.4 Å². The summed E-state index contributed by atoms with van der Waals surface area (Å²) in [6, 6.07) is 15.0. The van der Waals surface area contributed by atoms with E-state index in [9.17, 15) is 4.79 Å². The van der Waals surface area contributed by atoms with Gasteiger partial charge in [-0.1, -0.05) is 24.8 Å². The third kappa shape index (κ3) is 4.19. The first-order chi connectivity index (χ1) is 12.7. The summed E-state index contributed by atoms with van der Waals surface area (Å²) < 4.78 is 7.36. The van der Waals surface area contributed by atoms with E-state index in [2.05, 4.69) is 16.9 Å². The van der Waals surface area contributed by atoms with Gasteiger partial charge in [0, 0.05) is 23.6 Å². The lowest BCUT2D eigenvalue weighted by Crippen LogP contribution is -2.26. The van der Waals surface area contributed by atoms with Gasteiger partial charge in [0.15, 0.2) is 0 Å². The number of rotatable bonds is 7. The van der Waals surface area contributed by atoms with Gasteiger partial charge < -0.3 is 14.6 Å². The monoisotopic (exact) mass is 347 g/mol. The molecular formula is C21H21N3O2. The maximum Gasteiger partial charge on any atom is 0.251 e. The van der Waals surface area contributed by atoms with Crippen molar-refractivity contribution in [2.45, 2.75) is 13.0 Å². The molecule has 1 aromatic heterocycles. The van der Waals surface area contributed by atoms with E-state index in [0.717, 1.165) is 11.3 Å². The van der Waals surface area contributed by atoms with Gasteiger partial charge in [0.2, 0.25) is 0 Å². The minimum atomic E-state index is -0.119. The van der Waals surface area contributed by atoms with Crippen molar-refractivity contribution in [3.63, 3.8) is 0 Å². The summed E-state index contributed by atoms with van der Waals surface area (Å²) in [7, 11) is 0. The van der Waals surface area contributed by atoms with Gasteiger partial charge in [0.25, 0.3) is 5.91 Å². The van der Waals surface area contributed by atoms with Crippen molar-refractivity contribution >= 4 is 5.91 Å². The molecule has 0 spiro atoms. The van der Waals surface area contributed by atoms with Gasteiger partial charge in [-0.25, -0.2) is 4.98 Å². The second-order valence-electron chi connectivity index (χ2n) is 5.88. The predicted molar refractivity (Wildman–Crippen MR) is 102 cm³/mol. The van der Waals surface area contributed by atoms with Crippen molar-refractivity contribution in [1.29, 1.82) is 0 Å². The molecule has 1 heterocycles. The van der Waals surface area contributed by atoms with Crippen LogP contribution in [-0.4, -0.2) is 22.1 Å². The van der Waals surface area contributed by atoms with Crippen LogP contribution in [0, 0.1) is 0 Å². The Morgan fingerprint density at radius 2 is 1.96 bits per heavy atom. The Labute approximate surface area is 153 Å². The number of nitrogens with one attached hydrogen (secondary N) is 1. The molecule has 0 aliphatic heterocycles. The van der Waals surface area contributed by atoms with Gasteiger partial charge >= 0.3 is 0 Å². The van der Waals surface area contributed by atoms with E-state index in [1.165, 1.54) is 0 Å². The highest BCUT2D eigenvalue weighted by Crippen LogP contribution is 2.17. The maximum atomic E-state index is 12.4. The highest BCUT2D eigenvalue weighted by atomic mass is 16.5. The molecule has 0 saturated heterocycles. The Hall–Kier alpha value is -3.34. The number of imidazole rings is 1. The predicted octanol–water partition coefficient (Wildman–Crippen LogP) is 3.93. The van der Waals surface area contributed by atoms with Gasteiger partial charge in [0.1, 0.15) is 12.4 Å². The van der Waals surface area contributed by atoms with E-state index in [-0.39, 0.29) is 11.9 Å². The molecule has 1 N–H and O–H groups in total. The lowest BCUT2D eigenvalue weighted by atomic mass is 10.1. The first-order valence-corrected chi connectivity index (χ1v) is 8.40. The number of aromatic nitrogens is 2. The van der Waals surface area contributed by atoms with Crippen LogP contribution in [0.4, 0.5) is 0 Å². The van der Waals surface area contributed by atoms with Crippen LogP contribution >= 0.6 is 0 Å². The molecule has 0 saturated carbocycles. The molecule has 5 heteroatoms. The highest BCUT2D eigenvalue weighted by molar-refractivity contribution is 5.94. The van der Waals surface area contributed by atoms with Crippen LogP contribution in [0.2, 0.25) is 0 Å². The first kappa shape index (κ1) is 17.5. The highest BCUT2D eigenvalue weighted by Gasteiger charge is 2.11. The Bertz CT molecular complexity index is 853. The normalized spacial score (nSPS) is 11.6. The second kappa shape index (κ2) is 8.16. The fourth-order valence-electron chi connectivity index (χ4n) is 2.57. The molecule has 3 rings (SSSR count). The number of hydrogen-bond acceptors (Lipinski definition) is 3. The molecule has 5 nitrogen and oxygen atoms in total. The Morgan fingerprint density at radius 3 is 2.58 bits per heavy atom. The Kier molecular flexibility index (Phi) is 5.49. The minimum Gasteiger partial charge on any atom is -0.490 e. The SMILES string of the molecule is C=CCOc1ccc(C(=O)NC(C)c2ccc(-n3ccnc3)cc2)cc1. The maximum absolute atomic E-state index is 12.4. The number of nitrogens with zero attached hydrogens (tertiary/aromatic N) is 2. The van der Waals surface area contributed by atoms with Crippen molar-refractivity contribution in [3.05, 3.63) is 91.0 Å². The summed E-state index contributed by atoms with van der Waals surface area (Å²) in [5.74, 6) is 0.594. The van der Waals surface area contributed by atoms with E-state index in [0.29, 0.717) is 17.9 Å². The van der Waals surface area contributed by atoms with Crippen molar-refractivity contribution in [2.75, 3.05) is 6.61 Å². The quantitative estimate of drug-likeness (QED) is 0.659. The van der Waals surface area contributed by atoms with Gasteiger partial charge in [-0.3, -0.25) is 4.79 Å². The number of benzene rings is 2. The smallest absolute Gasteiger partial charge is 0.251 e. The molecule has 1 atom stereocenters. The number of amides is 1. The summed E-state index contributed by atoms with van der Waals surface area (Å²) in [6.07, 6.45) is 7.07. The first-order valence-electron chi connectivity index (χ1n) is 8.40. The molecule has 1 amide bonds. The fraction of sp³-hybridized carbons (Fsp3) is 0.143. The van der Waals surface area contributed by atoms with Crippen LogP contribution in [0.5, 0.6) is 5.75 Å². The van der Waals surface area contributed by atoms with E-state index >= 15 is 0 Å². The number of carbonyl (C=O) groups is 1.